The summed E-state index contributed by atoms with van der Waals surface area (Å²) in [7, 11) is 6.71. The van der Waals surface area contributed by atoms with Crippen LogP contribution >= 0.6 is 0 Å². The van der Waals surface area contributed by atoms with Crippen molar-refractivity contribution in [2.75, 3.05) is 34.9 Å². The number of methoxy groups -OCH3 is 2. The molecule has 3 saturated heterocycles. The number of likely N-dealkylation sites (N-methyl/N-ethyl adjacent to an activating group) is 1. The van der Waals surface area contributed by atoms with E-state index in [1.807, 2.05) is 32.8 Å². The highest BCUT2D eigenvalue weighted by molar-refractivity contribution is 5.88. The van der Waals surface area contributed by atoms with Crippen molar-refractivity contribution in [1.82, 2.24) is 4.90 Å². The molecule has 8 unspecified atom stereocenters. The molecule has 3 heterocycles. The normalized spacial score (nSPS) is 46.9. The van der Waals surface area contributed by atoms with Crippen LogP contribution in [0.4, 0.5) is 0 Å². The number of nitrogens with zero attached hydrogens (tertiary/aromatic N) is 5. The highest BCUT2D eigenvalue weighted by Crippen LogP contribution is 2.42. The Morgan fingerprint density at radius 1 is 0.929 bits per heavy atom. The summed E-state index contributed by atoms with van der Waals surface area (Å²) in [4.78, 5) is 19.1. The van der Waals surface area contributed by atoms with Gasteiger partial charge in [-0.2, -0.15) is 0 Å². The van der Waals surface area contributed by atoms with Gasteiger partial charge < -0.3 is 63.7 Å². The van der Waals surface area contributed by atoms with Crippen molar-refractivity contribution >= 4 is 11.7 Å². The zero-order valence-electron chi connectivity index (χ0n) is 35.4. The molecule has 18 atom stereocenters. The topological polar surface area (TPSA) is 247 Å². The minimum atomic E-state index is -2.12. The van der Waals surface area contributed by atoms with Crippen molar-refractivity contribution in [3.05, 3.63) is 10.4 Å². The second kappa shape index (κ2) is 19.7. The molecule has 56 heavy (non-hydrogen) atoms. The average Bonchev–Trinajstić information content (AvgIpc) is 3.14. The van der Waals surface area contributed by atoms with E-state index in [4.69, 9.17) is 38.7 Å². The summed E-state index contributed by atoms with van der Waals surface area (Å²) in [5.41, 5.74) is 4.66. The Labute approximate surface area is 331 Å². The van der Waals surface area contributed by atoms with E-state index < -0.39 is 102 Å². The van der Waals surface area contributed by atoms with Crippen molar-refractivity contribution in [3.63, 3.8) is 0 Å². The van der Waals surface area contributed by atoms with Crippen molar-refractivity contribution in [2.45, 2.75) is 172 Å². The van der Waals surface area contributed by atoms with Crippen molar-refractivity contribution in [2.24, 2.45) is 33.9 Å². The van der Waals surface area contributed by atoms with Crippen LogP contribution in [-0.4, -0.2) is 161 Å². The first-order valence-corrected chi connectivity index (χ1v) is 19.6. The monoisotopic (exact) mass is 803 g/mol. The van der Waals surface area contributed by atoms with Gasteiger partial charge in [-0.05, 0) is 80.4 Å². The predicted octanol–water partition coefficient (Wildman–Crippen LogP) is 2.99. The summed E-state index contributed by atoms with van der Waals surface area (Å²) < 4.78 is 44.1. The van der Waals surface area contributed by atoms with Crippen LogP contribution in [0.5, 0.6) is 0 Å². The van der Waals surface area contributed by atoms with E-state index in [0.717, 1.165) is 0 Å². The molecule has 0 amide bonds. The number of carbonyl (C=O) groups excluding carboxylic acids is 1. The lowest BCUT2D eigenvalue weighted by molar-refractivity contribution is -0.319. The van der Waals surface area contributed by atoms with E-state index in [9.17, 15) is 30.4 Å². The smallest absolute Gasteiger partial charge is 0.311 e. The van der Waals surface area contributed by atoms with Gasteiger partial charge in [0.05, 0.1) is 53.4 Å². The minimum absolute atomic E-state index is 0.0838. The second-order valence-corrected chi connectivity index (χ2v) is 17.1. The van der Waals surface area contributed by atoms with E-state index in [-0.39, 0.29) is 43.7 Å². The number of aliphatic hydroxyl groups excluding tert-OH is 3. The molecule has 3 aliphatic heterocycles. The molecule has 0 aromatic carbocycles. The predicted molar refractivity (Wildman–Crippen MR) is 204 cm³/mol. The van der Waals surface area contributed by atoms with E-state index in [2.05, 4.69) is 15.2 Å². The second-order valence-electron chi connectivity index (χ2n) is 17.1. The van der Waals surface area contributed by atoms with Crippen molar-refractivity contribution in [3.8, 4) is 0 Å². The van der Waals surface area contributed by atoms with Crippen LogP contribution in [0.3, 0.4) is 0 Å². The van der Waals surface area contributed by atoms with Gasteiger partial charge in [-0.15, -0.1) is 0 Å². The van der Waals surface area contributed by atoms with Gasteiger partial charge in [0.2, 0.25) is 0 Å². The third-order valence-electron chi connectivity index (χ3n) is 12.6. The van der Waals surface area contributed by atoms with Crippen LogP contribution in [0.2, 0.25) is 0 Å². The Bertz CT molecular complexity index is 1370. The number of hydrogen-bond donors (Lipinski definition) is 5. The molecule has 0 spiro atoms. The fourth-order valence-corrected chi connectivity index (χ4v) is 8.86. The molecule has 0 aromatic heterocycles. The SMILES string of the molecule is COC1(C)CC(O[C@H]2[C@H](C)[C@@H](OC3OC(C)CC(N(C)C)C3O)[C@](C)(OC)C[C@@H](C)/C(=N\O)[C@H](C)[C@@H](O)[C@](C)(O)[C@@H](CCN=[N+]=[N-])OC(=O)[C@@H]2C)OC(C)C1O. The Hall–Kier alpha value is -2.19. The number of aliphatic hydroxyl groups is 4. The maximum atomic E-state index is 14.4. The van der Waals surface area contributed by atoms with Gasteiger partial charge in [-0.1, -0.05) is 31.0 Å². The van der Waals surface area contributed by atoms with Gasteiger partial charge in [-0.25, -0.2) is 0 Å². The molecule has 0 bridgehead atoms. The van der Waals surface area contributed by atoms with Crippen LogP contribution in [-0.2, 0) is 38.0 Å². The molecular formula is C38H69N5O13. The molecule has 18 heteroatoms. The standard InChI is InChI=1S/C38H69N5O13/c1-19-17-37(8,51-13)33(56-35-29(44)25(43(10)11)16-20(2)52-35)22(4)30(55-27-18-36(7,50-12)32(46)24(6)53-27)23(5)34(47)54-26(14-15-40-42-39)38(9,48)31(45)21(3)28(19)41-49/h19-27,29-33,35,44-46,48-49H,14-18H2,1-13H3/b41-28+/t19-,20?,21+,22+,23-,24?,25?,26-,27?,29?,30+,31-,32?,33-,35?,36?,37-,38-/m1/s1. The maximum absolute atomic E-state index is 14.4. The zero-order chi connectivity index (χ0) is 42.5. The number of cyclic esters (lactones) is 1. The van der Waals surface area contributed by atoms with E-state index >= 15 is 0 Å². The molecule has 0 radical (unpaired) electrons. The van der Waals surface area contributed by atoms with Gasteiger partial charge >= 0.3 is 5.97 Å². The Balaban J connectivity index is 2.28. The largest absolute Gasteiger partial charge is 0.459 e. The number of hydrogen-bond acceptors (Lipinski definition) is 16. The molecule has 3 rings (SSSR count). The highest BCUT2D eigenvalue weighted by Gasteiger charge is 2.54. The van der Waals surface area contributed by atoms with Gasteiger partial charge in [-0.3, -0.25) is 4.79 Å². The lowest BCUT2D eigenvalue weighted by Gasteiger charge is -2.50. The van der Waals surface area contributed by atoms with Crippen LogP contribution in [0.1, 0.15) is 88.0 Å². The summed E-state index contributed by atoms with van der Waals surface area (Å²) >= 11 is 0. The van der Waals surface area contributed by atoms with Gasteiger partial charge in [0.15, 0.2) is 12.6 Å². The molecule has 324 valence electrons. The molecule has 0 aliphatic carbocycles. The molecule has 0 saturated carbocycles. The number of rotatable bonds is 10. The van der Waals surface area contributed by atoms with Crippen LogP contribution in [0.15, 0.2) is 10.3 Å². The van der Waals surface area contributed by atoms with Gasteiger partial charge in [0, 0.05) is 55.9 Å². The Morgan fingerprint density at radius 2 is 1.55 bits per heavy atom. The van der Waals surface area contributed by atoms with Crippen LogP contribution in [0.25, 0.3) is 10.4 Å². The average molecular weight is 804 g/mol. The first kappa shape index (κ1) is 48.2. The third-order valence-corrected chi connectivity index (χ3v) is 12.6. The molecular weight excluding hydrogens is 734 g/mol. The first-order chi connectivity index (χ1) is 26.0. The molecule has 5 N–H and O–H groups in total. The summed E-state index contributed by atoms with van der Waals surface area (Å²) in [5.74, 6) is -4.28. The lowest BCUT2D eigenvalue weighted by atomic mass is 9.73. The van der Waals surface area contributed by atoms with Gasteiger partial charge in [0.1, 0.15) is 23.9 Å². The number of esters is 1. The van der Waals surface area contributed by atoms with Crippen molar-refractivity contribution in [1.29, 1.82) is 0 Å². The first-order valence-electron chi connectivity index (χ1n) is 19.6. The van der Waals surface area contributed by atoms with Crippen LogP contribution in [0, 0.1) is 23.7 Å². The number of carbonyl (C=O) groups is 1. The number of oxime groups is 1. The Kier molecular flexibility index (Phi) is 17.0. The lowest BCUT2D eigenvalue weighted by Crippen LogP contribution is -2.61. The fourth-order valence-electron chi connectivity index (χ4n) is 8.86. The highest BCUT2D eigenvalue weighted by atomic mass is 16.7. The molecule has 3 fully saturated rings. The zero-order valence-corrected chi connectivity index (χ0v) is 35.4. The minimum Gasteiger partial charge on any atom is -0.459 e. The fraction of sp³-hybridized carbons (Fsp3) is 0.947. The maximum Gasteiger partial charge on any atom is 0.311 e. The van der Waals surface area contributed by atoms with E-state index in [1.165, 1.54) is 21.1 Å². The molecule has 0 aromatic rings. The summed E-state index contributed by atoms with van der Waals surface area (Å²) in [6, 6.07) is -0.313. The van der Waals surface area contributed by atoms with E-state index in [0.29, 0.717) is 6.42 Å². The van der Waals surface area contributed by atoms with E-state index in [1.54, 1.807) is 41.5 Å². The quantitative estimate of drug-likeness (QED) is 0.0532. The van der Waals surface area contributed by atoms with Crippen LogP contribution < -0.4 is 0 Å². The summed E-state index contributed by atoms with van der Waals surface area (Å²) in [6.45, 7) is 15.0. The molecule has 3 aliphatic rings. The summed E-state index contributed by atoms with van der Waals surface area (Å²) in [6.07, 6.45) is -9.73. The molecule has 18 nitrogen and oxygen atoms in total. The Morgan fingerprint density at radius 3 is 2.11 bits per heavy atom. The van der Waals surface area contributed by atoms with Gasteiger partial charge in [0.25, 0.3) is 0 Å². The summed E-state index contributed by atoms with van der Waals surface area (Å²) in [5, 5.41) is 63.8. The third kappa shape index (κ3) is 10.5. The number of ether oxygens (including phenoxy) is 7. The van der Waals surface area contributed by atoms with Crippen molar-refractivity contribution < 1.29 is 63.6 Å². The number of azide groups is 1.